The molecule has 2 aliphatic rings. The second-order valence-electron chi connectivity index (χ2n) is 6.74. The fraction of sp³-hybridized carbons (Fsp3) is 0.667. The van der Waals surface area contributed by atoms with E-state index in [2.05, 4.69) is 24.0 Å². The second-order valence-corrected chi connectivity index (χ2v) is 6.74. The van der Waals surface area contributed by atoms with Crippen molar-refractivity contribution < 1.29 is 4.74 Å². The minimum absolute atomic E-state index is 0.232. The van der Waals surface area contributed by atoms with Crippen LogP contribution in [0.1, 0.15) is 51.0 Å². The van der Waals surface area contributed by atoms with Gasteiger partial charge in [0.05, 0.1) is 5.60 Å². The van der Waals surface area contributed by atoms with Gasteiger partial charge in [-0.25, -0.2) is 0 Å². The molecule has 0 aromatic heterocycles. The number of benzene rings is 1. The van der Waals surface area contributed by atoms with E-state index in [0.29, 0.717) is 6.04 Å². The molecule has 116 valence electrons. The van der Waals surface area contributed by atoms with Crippen LogP contribution < -0.4 is 5.73 Å². The van der Waals surface area contributed by atoms with Gasteiger partial charge in [0.2, 0.25) is 0 Å². The Morgan fingerprint density at radius 1 is 1.29 bits per heavy atom. The summed E-state index contributed by atoms with van der Waals surface area (Å²) in [5.41, 5.74) is 8.24. The normalized spacial score (nSPS) is 24.2. The minimum Gasteiger partial charge on any atom is -0.399 e. The molecule has 1 aromatic rings. The number of nitrogens with two attached hydrogens (primary N) is 1. The van der Waals surface area contributed by atoms with E-state index in [1.807, 2.05) is 12.1 Å². The zero-order chi connectivity index (χ0) is 14.7. The minimum atomic E-state index is 0.232. The standard InChI is InChI=1S/C18H28N2O/c1-2-11-20(14-15-4-6-16(19)7-5-15)17-8-12-21-18(13-17)9-3-10-18/h4-7,17H,2-3,8-14,19H2,1H3. The van der Waals surface area contributed by atoms with E-state index in [-0.39, 0.29) is 5.60 Å². The van der Waals surface area contributed by atoms with Gasteiger partial charge in [-0.15, -0.1) is 0 Å². The molecule has 1 heterocycles. The van der Waals surface area contributed by atoms with Crippen LogP contribution in [0.5, 0.6) is 0 Å². The van der Waals surface area contributed by atoms with Crippen LogP contribution in [-0.2, 0) is 11.3 Å². The summed E-state index contributed by atoms with van der Waals surface area (Å²) in [6.07, 6.45) is 7.49. The number of nitrogens with zero attached hydrogens (tertiary/aromatic N) is 1. The molecule has 1 aliphatic heterocycles. The highest BCUT2D eigenvalue weighted by atomic mass is 16.5. The van der Waals surface area contributed by atoms with Gasteiger partial charge in [0.25, 0.3) is 0 Å². The lowest BCUT2D eigenvalue weighted by Crippen LogP contribution is -2.52. The Bertz CT molecular complexity index is 453. The van der Waals surface area contributed by atoms with Crippen molar-refractivity contribution in [3.05, 3.63) is 29.8 Å². The highest BCUT2D eigenvalue weighted by molar-refractivity contribution is 5.39. The number of hydrogen-bond acceptors (Lipinski definition) is 3. The molecule has 21 heavy (non-hydrogen) atoms. The van der Waals surface area contributed by atoms with Crippen LogP contribution in [0.25, 0.3) is 0 Å². The van der Waals surface area contributed by atoms with Crippen molar-refractivity contribution in [2.45, 2.75) is 63.6 Å². The summed E-state index contributed by atoms with van der Waals surface area (Å²) in [6.45, 7) is 5.42. The molecule has 3 heteroatoms. The lowest BCUT2D eigenvalue weighted by atomic mass is 9.73. The molecule has 1 unspecified atom stereocenters. The zero-order valence-electron chi connectivity index (χ0n) is 13.2. The van der Waals surface area contributed by atoms with Gasteiger partial charge in [0.15, 0.2) is 0 Å². The predicted octanol–water partition coefficient (Wildman–Crippen LogP) is 3.58. The molecule has 3 nitrogen and oxygen atoms in total. The van der Waals surface area contributed by atoms with E-state index in [1.54, 1.807) is 0 Å². The van der Waals surface area contributed by atoms with E-state index >= 15 is 0 Å². The summed E-state index contributed by atoms with van der Waals surface area (Å²) < 4.78 is 6.08. The molecule has 1 saturated carbocycles. The third-order valence-corrected chi connectivity index (χ3v) is 5.12. The van der Waals surface area contributed by atoms with Crippen molar-refractivity contribution in [3.63, 3.8) is 0 Å². The summed E-state index contributed by atoms with van der Waals surface area (Å²) in [7, 11) is 0. The summed E-state index contributed by atoms with van der Waals surface area (Å²) >= 11 is 0. The van der Waals surface area contributed by atoms with Crippen LogP contribution in [0.4, 0.5) is 5.69 Å². The summed E-state index contributed by atoms with van der Waals surface area (Å²) in [5.74, 6) is 0. The van der Waals surface area contributed by atoms with Gasteiger partial charge in [-0.1, -0.05) is 19.1 Å². The fourth-order valence-corrected chi connectivity index (χ4v) is 3.77. The average molecular weight is 288 g/mol. The van der Waals surface area contributed by atoms with Crippen LogP contribution in [-0.4, -0.2) is 29.7 Å². The van der Waals surface area contributed by atoms with Gasteiger partial charge in [-0.2, -0.15) is 0 Å². The van der Waals surface area contributed by atoms with Crippen molar-refractivity contribution in [1.82, 2.24) is 4.90 Å². The number of hydrogen-bond donors (Lipinski definition) is 1. The molecule has 1 spiro atoms. The molecule has 0 bridgehead atoms. The first-order chi connectivity index (χ1) is 10.2. The maximum Gasteiger partial charge on any atom is 0.0697 e. The molecule has 2 N–H and O–H groups in total. The Morgan fingerprint density at radius 2 is 2.05 bits per heavy atom. The first kappa shape index (κ1) is 14.9. The zero-order valence-corrected chi connectivity index (χ0v) is 13.2. The van der Waals surface area contributed by atoms with Crippen molar-refractivity contribution in [2.24, 2.45) is 0 Å². The lowest BCUT2D eigenvalue weighted by Gasteiger charge is -2.49. The van der Waals surface area contributed by atoms with Gasteiger partial charge in [-0.3, -0.25) is 4.90 Å². The summed E-state index contributed by atoms with van der Waals surface area (Å²) in [5, 5.41) is 0. The van der Waals surface area contributed by atoms with Crippen LogP contribution in [0.15, 0.2) is 24.3 Å². The van der Waals surface area contributed by atoms with E-state index in [0.717, 1.165) is 18.8 Å². The molecule has 0 radical (unpaired) electrons. The molecule has 1 aliphatic carbocycles. The number of ether oxygens (including phenoxy) is 1. The Morgan fingerprint density at radius 3 is 2.67 bits per heavy atom. The van der Waals surface area contributed by atoms with Crippen molar-refractivity contribution in [1.29, 1.82) is 0 Å². The highest BCUT2D eigenvalue weighted by Gasteiger charge is 2.43. The quantitative estimate of drug-likeness (QED) is 0.842. The monoisotopic (exact) mass is 288 g/mol. The van der Waals surface area contributed by atoms with Gasteiger partial charge >= 0.3 is 0 Å². The van der Waals surface area contributed by atoms with Crippen LogP contribution in [0.3, 0.4) is 0 Å². The Kier molecular flexibility index (Phi) is 4.51. The van der Waals surface area contributed by atoms with E-state index in [4.69, 9.17) is 10.5 Å². The third kappa shape index (κ3) is 3.41. The lowest BCUT2D eigenvalue weighted by molar-refractivity contribution is -0.149. The van der Waals surface area contributed by atoms with E-state index in [1.165, 1.54) is 50.6 Å². The first-order valence-electron chi connectivity index (χ1n) is 8.43. The fourth-order valence-electron chi connectivity index (χ4n) is 3.77. The first-order valence-corrected chi connectivity index (χ1v) is 8.43. The molecular formula is C18H28N2O. The smallest absolute Gasteiger partial charge is 0.0697 e. The van der Waals surface area contributed by atoms with Gasteiger partial charge in [0, 0.05) is 24.9 Å². The maximum atomic E-state index is 6.08. The van der Waals surface area contributed by atoms with Gasteiger partial charge < -0.3 is 10.5 Å². The van der Waals surface area contributed by atoms with E-state index in [9.17, 15) is 0 Å². The second kappa shape index (κ2) is 6.37. The Balaban J connectivity index is 1.66. The summed E-state index contributed by atoms with van der Waals surface area (Å²) in [4.78, 5) is 2.66. The molecular weight excluding hydrogens is 260 g/mol. The number of nitrogen functional groups attached to an aromatic ring is 1. The molecule has 3 rings (SSSR count). The largest absolute Gasteiger partial charge is 0.399 e. The summed E-state index contributed by atoms with van der Waals surface area (Å²) in [6, 6.07) is 9.03. The van der Waals surface area contributed by atoms with Crippen LogP contribution >= 0.6 is 0 Å². The Labute approximate surface area is 128 Å². The van der Waals surface area contributed by atoms with Crippen LogP contribution in [0.2, 0.25) is 0 Å². The van der Waals surface area contributed by atoms with E-state index < -0.39 is 0 Å². The molecule has 0 amide bonds. The van der Waals surface area contributed by atoms with Crippen LogP contribution in [0, 0.1) is 0 Å². The maximum absolute atomic E-state index is 6.08. The van der Waals surface area contributed by atoms with Gasteiger partial charge in [0.1, 0.15) is 0 Å². The predicted molar refractivity (Wildman–Crippen MR) is 87.1 cm³/mol. The Hall–Kier alpha value is -1.06. The third-order valence-electron chi connectivity index (χ3n) is 5.12. The van der Waals surface area contributed by atoms with Crippen molar-refractivity contribution >= 4 is 5.69 Å². The van der Waals surface area contributed by atoms with Gasteiger partial charge in [-0.05, 0) is 62.8 Å². The number of rotatable bonds is 5. The molecule has 2 fully saturated rings. The van der Waals surface area contributed by atoms with Crippen molar-refractivity contribution in [2.75, 3.05) is 18.9 Å². The topological polar surface area (TPSA) is 38.5 Å². The average Bonchev–Trinajstić information content (AvgIpc) is 2.47. The number of anilines is 1. The SMILES string of the molecule is CCCN(Cc1ccc(N)cc1)C1CCOC2(CCC2)C1. The molecule has 1 atom stereocenters. The molecule has 1 aromatic carbocycles. The molecule has 1 saturated heterocycles. The van der Waals surface area contributed by atoms with Crippen molar-refractivity contribution in [3.8, 4) is 0 Å². The highest BCUT2D eigenvalue weighted by Crippen LogP contribution is 2.43.